The van der Waals surface area contributed by atoms with Crippen LogP contribution in [0.4, 0.5) is 27.6 Å². The van der Waals surface area contributed by atoms with Crippen molar-refractivity contribution in [2.75, 3.05) is 12.0 Å². The zero-order valence-electron chi connectivity index (χ0n) is 15.8. The van der Waals surface area contributed by atoms with Crippen LogP contribution < -0.4 is 10.6 Å². The summed E-state index contributed by atoms with van der Waals surface area (Å²) >= 11 is 0. The summed E-state index contributed by atoms with van der Waals surface area (Å²) in [4.78, 5) is 16.3. The number of amides is 1. The Labute approximate surface area is 172 Å². The molecular formula is C19H16F5N5O2. The Hall–Kier alpha value is -3.12. The molecular weight excluding hydrogens is 425 g/mol. The first-order valence-electron chi connectivity index (χ1n) is 9.24. The van der Waals surface area contributed by atoms with Gasteiger partial charge in [0.15, 0.2) is 11.5 Å². The number of aromatic nitrogens is 3. The Morgan fingerprint density at radius 2 is 2.06 bits per heavy atom. The number of hydrogen-bond donors (Lipinski definition) is 2. The van der Waals surface area contributed by atoms with Crippen molar-refractivity contribution in [3.8, 4) is 0 Å². The van der Waals surface area contributed by atoms with Crippen molar-refractivity contribution in [2.45, 2.75) is 31.7 Å². The molecule has 1 amide bonds. The zero-order chi connectivity index (χ0) is 22.2. The zero-order valence-corrected chi connectivity index (χ0v) is 15.8. The fourth-order valence-electron chi connectivity index (χ4n) is 3.33. The maximum atomic E-state index is 13.9. The van der Waals surface area contributed by atoms with E-state index in [1.165, 1.54) is 18.2 Å². The third-order valence-corrected chi connectivity index (χ3v) is 4.76. The summed E-state index contributed by atoms with van der Waals surface area (Å²) in [5.41, 5.74) is -0.631. The summed E-state index contributed by atoms with van der Waals surface area (Å²) in [6, 6.07) is 4.64. The van der Waals surface area contributed by atoms with Crippen LogP contribution in [-0.2, 0) is 28.7 Å². The van der Waals surface area contributed by atoms with Crippen LogP contribution in [0.15, 0.2) is 30.3 Å². The number of anilines is 1. The van der Waals surface area contributed by atoms with Gasteiger partial charge in [0.25, 0.3) is 0 Å². The molecule has 0 saturated carbocycles. The number of alkyl halides is 3. The summed E-state index contributed by atoms with van der Waals surface area (Å²) < 4.78 is 72.5. The molecule has 2 N–H and O–H groups in total. The topological polar surface area (TPSA) is 80.5 Å². The van der Waals surface area contributed by atoms with Crippen LogP contribution in [0, 0.1) is 11.6 Å². The molecule has 2 aromatic heterocycles. The average Bonchev–Trinajstić information content (AvgIpc) is 3.04. The molecule has 3 aromatic rings. The molecule has 3 heterocycles. The van der Waals surface area contributed by atoms with E-state index >= 15 is 0 Å². The maximum absolute atomic E-state index is 13.9. The number of nitrogens with one attached hydrogen (secondary N) is 2. The van der Waals surface area contributed by atoms with Gasteiger partial charge in [0, 0.05) is 6.07 Å². The predicted molar refractivity (Wildman–Crippen MR) is 97.9 cm³/mol. The molecule has 7 nitrogen and oxygen atoms in total. The number of rotatable bonds is 5. The molecule has 0 bridgehead atoms. The van der Waals surface area contributed by atoms with E-state index in [2.05, 4.69) is 20.7 Å². The van der Waals surface area contributed by atoms with Crippen molar-refractivity contribution in [2.24, 2.45) is 0 Å². The Morgan fingerprint density at radius 1 is 1.26 bits per heavy atom. The van der Waals surface area contributed by atoms with E-state index in [4.69, 9.17) is 4.74 Å². The fraction of sp³-hybridized carbons (Fsp3) is 0.316. The molecule has 164 valence electrons. The molecule has 4 rings (SSSR count). The molecule has 0 unspecified atom stereocenters. The minimum atomic E-state index is -4.58. The summed E-state index contributed by atoms with van der Waals surface area (Å²) in [6.07, 6.45) is -4.05. The van der Waals surface area contributed by atoms with Crippen molar-refractivity contribution < 1.29 is 31.5 Å². The first-order valence-corrected chi connectivity index (χ1v) is 9.24. The van der Waals surface area contributed by atoms with Crippen LogP contribution in [0.5, 0.6) is 0 Å². The number of nitrogens with zero attached hydrogens (tertiary/aromatic N) is 3. The molecule has 0 fully saturated rings. The smallest absolute Gasteiger partial charge is 0.358 e. The van der Waals surface area contributed by atoms with Gasteiger partial charge in [-0.05, 0) is 36.6 Å². The third kappa shape index (κ3) is 4.49. The number of fused-ring (bicyclic) bond motifs is 2. The molecule has 31 heavy (non-hydrogen) atoms. The highest BCUT2D eigenvalue weighted by molar-refractivity contribution is 5.96. The second-order valence-corrected chi connectivity index (χ2v) is 6.91. The number of hydrogen-bond acceptors (Lipinski definition) is 5. The molecule has 0 radical (unpaired) electrons. The van der Waals surface area contributed by atoms with Crippen LogP contribution in [-0.4, -0.2) is 33.3 Å². The first kappa shape index (κ1) is 21.1. The molecule has 1 atom stereocenters. The van der Waals surface area contributed by atoms with Crippen LogP contribution in [0.3, 0.4) is 0 Å². The van der Waals surface area contributed by atoms with E-state index in [1.54, 1.807) is 0 Å². The minimum Gasteiger partial charge on any atom is -0.358 e. The van der Waals surface area contributed by atoms with Crippen molar-refractivity contribution in [1.29, 1.82) is 0 Å². The minimum absolute atomic E-state index is 0.0246. The van der Waals surface area contributed by atoms with Crippen LogP contribution in [0.1, 0.15) is 23.5 Å². The number of ether oxygens (including phenoxy) is 1. The second kappa shape index (κ2) is 8.19. The largest absolute Gasteiger partial charge is 0.433 e. The summed E-state index contributed by atoms with van der Waals surface area (Å²) in [6.45, 7) is -0.326. The van der Waals surface area contributed by atoms with Gasteiger partial charge in [0.1, 0.15) is 23.9 Å². The number of carbonyl (C=O) groups excluding carboxylic acids is 1. The molecule has 1 aliphatic rings. The van der Waals surface area contributed by atoms with Crippen molar-refractivity contribution >= 4 is 17.2 Å². The lowest BCUT2D eigenvalue weighted by molar-refractivity contribution is -0.142. The highest BCUT2D eigenvalue weighted by Gasteiger charge is 2.34. The van der Waals surface area contributed by atoms with Gasteiger partial charge in [-0.2, -0.15) is 13.2 Å². The van der Waals surface area contributed by atoms with Gasteiger partial charge >= 0.3 is 6.18 Å². The lowest BCUT2D eigenvalue weighted by Gasteiger charge is -2.15. The summed E-state index contributed by atoms with van der Waals surface area (Å²) in [5, 5.41) is 9.07. The normalized spacial score (nSPS) is 16.8. The van der Waals surface area contributed by atoms with E-state index < -0.39 is 35.5 Å². The maximum Gasteiger partial charge on any atom is 0.433 e. The highest BCUT2D eigenvalue weighted by atomic mass is 19.4. The second-order valence-electron chi connectivity index (χ2n) is 6.91. The molecule has 1 aliphatic heterocycles. The lowest BCUT2D eigenvalue weighted by Crippen LogP contribution is -2.41. The van der Waals surface area contributed by atoms with E-state index in [0.717, 1.165) is 6.07 Å². The molecule has 12 heteroatoms. The Bertz CT molecular complexity index is 1130. The van der Waals surface area contributed by atoms with Crippen molar-refractivity contribution in [3.63, 3.8) is 0 Å². The highest BCUT2D eigenvalue weighted by Crippen LogP contribution is 2.29. The third-order valence-electron chi connectivity index (χ3n) is 4.76. The van der Waals surface area contributed by atoms with Gasteiger partial charge in [-0.25, -0.2) is 18.3 Å². The van der Waals surface area contributed by atoms with Crippen LogP contribution in [0.25, 0.3) is 5.65 Å². The number of halogens is 5. The average molecular weight is 441 g/mol. The van der Waals surface area contributed by atoms with Gasteiger partial charge in [0.05, 0.1) is 18.5 Å². The SMILES string of the molecule is O=C1Nc2c(F)cc(F)cc2CC[C@@H]1NCOCc1nc2cccc(C(F)(F)F)n2n1. The fourth-order valence-corrected chi connectivity index (χ4v) is 3.33. The molecule has 1 aromatic carbocycles. The first-order chi connectivity index (χ1) is 14.7. The van der Waals surface area contributed by atoms with Crippen molar-refractivity contribution in [3.05, 3.63) is 59.0 Å². The van der Waals surface area contributed by atoms with Crippen molar-refractivity contribution in [1.82, 2.24) is 19.9 Å². The predicted octanol–water partition coefficient (Wildman–Crippen LogP) is 3.04. The van der Waals surface area contributed by atoms with Gasteiger partial charge in [-0.15, -0.1) is 5.10 Å². The van der Waals surface area contributed by atoms with Gasteiger partial charge in [-0.3, -0.25) is 10.1 Å². The van der Waals surface area contributed by atoms with Gasteiger partial charge < -0.3 is 10.1 Å². The quantitative estimate of drug-likeness (QED) is 0.362. The van der Waals surface area contributed by atoms with Crippen LogP contribution in [0.2, 0.25) is 0 Å². The summed E-state index contributed by atoms with van der Waals surface area (Å²) in [7, 11) is 0. The summed E-state index contributed by atoms with van der Waals surface area (Å²) in [5.74, 6) is -2.05. The van der Waals surface area contributed by atoms with E-state index in [-0.39, 0.29) is 43.3 Å². The molecule has 0 aliphatic carbocycles. The number of aryl methyl sites for hydroxylation is 1. The van der Waals surface area contributed by atoms with Crippen LogP contribution >= 0.6 is 0 Å². The monoisotopic (exact) mass is 441 g/mol. The number of carbonyl (C=O) groups is 1. The van der Waals surface area contributed by atoms with E-state index in [0.29, 0.717) is 16.1 Å². The Kier molecular flexibility index (Phi) is 5.58. The Morgan fingerprint density at radius 3 is 2.84 bits per heavy atom. The molecule has 0 saturated heterocycles. The van der Waals surface area contributed by atoms with E-state index in [1.807, 2.05) is 0 Å². The lowest BCUT2D eigenvalue weighted by atomic mass is 10.1. The standard InChI is InChI=1S/C19H16F5N5O2/c20-11-6-10-4-5-13(18(30)27-17(10)12(21)7-11)25-9-31-8-15-26-16-3-1-2-14(19(22,23)24)29(16)28-15/h1-3,6-7,13,25H,4-5,8-9H2,(H,27,30)/t13-/m0/s1. The Balaban J connectivity index is 1.35. The van der Waals surface area contributed by atoms with E-state index in [9.17, 15) is 26.7 Å². The van der Waals surface area contributed by atoms with Gasteiger partial charge in [0.2, 0.25) is 5.91 Å². The van der Waals surface area contributed by atoms with Gasteiger partial charge in [-0.1, -0.05) is 6.07 Å². The number of benzene rings is 1. The molecule has 0 spiro atoms. The number of pyridine rings is 1.